The molecule has 28 heavy (non-hydrogen) atoms. The molecule has 0 unspecified atom stereocenters. The Labute approximate surface area is 171 Å². The number of hydrogen-bond acceptors (Lipinski definition) is 1. The first-order valence-corrected chi connectivity index (χ1v) is 10.0. The molecule has 2 heterocycles. The lowest BCUT2D eigenvalue weighted by molar-refractivity contribution is 0.670. The van der Waals surface area contributed by atoms with E-state index in [2.05, 4.69) is 82.1 Å². The van der Waals surface area contributed by atoms with Gasteiger partial charge in [-0.15, -0.1) is 0 Å². The maximum Gasteiger partial charge on any atom is 0.143 e. The van der Waals surface area contributed by atoms with Crippen molar-refractivity contribution in [2.45, 2.75) is 6.92 Å². The lowest BCUT2D eigenvalue weighted by Gasteiger charge is -2.04. The van der Waals surface area contributed by atoms with Crippen molar-refractivity contribution < 1.29 is 4.42 Å². The van der Waals surface area contributed by atoms with E-state index in [0.717, 1.165) is 54.3 Å². The predicted molar refractivity (Wildman–Crippen MR) is 124 cm³/mol. The molecule has 0 aliphatic carbocycles. The topological polar surface area (TPSA) is 28.9 Å². The van der Waals surface area contributed by atoms with Crippen molar-refractivity contribution in [1.29, 1.82) is 0 Å². The minimum absolute atomic E-state index is 0.845. The van der Waals surface area contributed by atoms with Gasteiger partial charge >= 0.3 is 0 Å². The van der Waals surface area contributed by atoms with Crippen molar-refractivity contribution in [3.05, 3.63) is 84.6 Å². The highest BCUT2D eigenvalue weighted by Crippen LogP contribution is 2.38. The van der Waals surface area contributed by atoms with Crippen LogP contribution in [0.4, 0.5) is 0 Å². The van der Waals surface area contributed by atoms with Crippen molar-refractivity contribution in [2.75, 3.05) is 0 Å². The van der Waals surface area contributed by atoms with Crippen LogP contribution in [0.25, 0.3) is 54.5 Å². The third kappa shape index (κ3) is 2.54. The largest absolute Gasteiger partial charge is 0.455 e. The molecule has 5 rings (SSSR count). The van der Waals surface area contributed by atoms with Crippen LogP contribution >= 0.6 is 15.9 Å². The minimum Gasteiger partial charge on any atom is -0.455 e. The summed E-state index contributed by atoms with van der Waals surface area (Å²) < 4.78 is 7.07. The van der Waals surface area contributed by atoms with Crippen molar-refractivity contribution in [3.63, 3.8) is 0 Å². The van der Waals surface area contributed by atoms with Crippen molar-refractivity contribution in [2.24, 2.45) is 0 Å². The van der Waals surface area contributed by atoms with Gasteiger partial charge in [-0.05, 0) is 46.6 Å². The van der Waals surface area contributed by atoms with E-state index in [9.17, 15) is 0 Å². The summed E-state index contributed by atoms with van der Waals surface area (Å²) in [5, 5.41) is 3.46. The van der Waals surface area contributed by atoms with Crippen LogP contribution < -0.4 is 0 Å². The molecule has 0 radical (unpaired) electrons. The third-order valence-corrected chi connectivity index (χ3v) is 5.56. The summed E-state index contributed by atoms with van der Waals surface area (Å²) >= 11 is 3.52. The van der Waals surface area contributed by atoms with Crippen LogP contribution in [0.5, 0.6) is 0 Å². The maximum atomic E-state index is 6.23. The number of fused-ring (bicyclic) bond motifs is 4. The number of rotatable bonds is 3. The van der Waals surface area contributed by atoms with Gasteiger partial charge in [-0.2, -0.15) is 0 Å². The van der Waals surface area contributed by atoms with Crippen LogP contribution in [0.15, 0.2) is 77.7 Å². The number of nitrogens with one attached hydrogen (secondary N) is 1. The van der Waals surface area contributed by atoms with Crippen LogP contribution in [0.1, 0.15) is 18.2 Å². The second-order valence-corrected chi connectivity index (χ2v) is 7.82. The fraction of sp³-hybridized carbons (Fsp3) is 0.0400. The van der Waals surface area contributed by atoms with Gasteiger partial charge < -0.3 is 9.40 Å². The summed E-state index contributed by atoms with van der Waals surface area (Å²) in [6.45, 7) is 6.07. The fourth-order valence-corrected chi connectivity index (χ4v) is 4.22. The molecule has 0 fully saturated rings. The smallest absolute Gasteiger partial charge is 0.143 e. The molecule has 1 N–H and O–H groups in total. The quantitative estimate of drug-likeness (QED) is 0.309. The second-order valence-electron chi connectivity index (χ2n) is 6.86. The molecule has 2 aromatic heterocycles. The SMILES string of the molecule is C=C(Br)c1[nH]c2ccc(-c3cccc4c3oc3ccccc34)cc2c1/C=C\C. The highest BCUT2D eigenvalue weighted by molar-refractivity contribution is 9.15. The Hall–Kier alpha value is -3.04. The summed E-state index contributed by atoms with van der Waals surface area (Å²) in [6.07, 6.45) is 4.17. The number of aromatic nitrogens is 1. The Bertz CT molecular complexity index is 1400. The zero-order valence-corrected chi connectivity index (χ0v) is 17.0. The zero-order chi connectivity index (χ0) is 19.3. The number of H-pyrrole nitrogens is 1. The van der Waals surface area contributed by atoms with Crippen molar-refractivity contribution in [3.8, 4) is 11.1 Å². The van der Waals surface area contributed by atoms with Crippen LogP contribution in [0, 0.1) is 0 Å². The molecule has 0 saturated heterocycles. The lowest BCUT2D eigenvalue weighted by atomic mass is 9.99. The second kappa shape index (κ2) is 6.54. The highest BCUT2D eigenvalue weighted by atomic mass is 79.9. The molecule has 3 aromatic carbocycles. The van der Waals surface area contributed by atoms with E-state index < -0.39 is 0 Å². The number of hydrogen-bond donors (Lipinski definition) is 1. The summed E-state index contributed by atoms with van der Waals surface area (Å²) in [4.78, 5) is 3.46. The molecule has 5 aromatic rings. The number of benzene rings is 3. The summed E-state index contributed by atoms with van der Waals surface area (Å²) in [5.41, 5.74) is 7.31. The van der Waals surface area contributed by atoms with Gasteiger partial charge in [-0.1, -0.05) is 61.2 Å². The molecule has 0 saturated carbocycles. The molecular formula is C25H18BrNO. The summed E-state index contributed by atoms with van der Waals surface area (Å²) in [6, 6.07) is 21.0. The van der Waals surface area contributed by atoms with E-state index in [1.165, 1.54) is 5.39 Å². The predicted octanol–water partition coefficient (Wildman–Crippen LogP) is 8.13. The van der Waals surface area contributed by atoms with Crippen LogP contribution in [0.3, 0.4) is 0 Å². The molecule has 0 amide bonds. The lowest BCUT2D eigenvalue weighted by Crippen LogP contribution is -1.80. The molecule has 0 bridgehead atoms. The molecule has 0 atom stereocenters. The van der Waals surface area contributed by atoms with E-state index in [-0.39, 0.29) is 0 Å². The number of para-hydroxylation sites is 2. The Morgan fingerprint density at radius 3 is 2.64 bits per heavy atom. The Morgan fingerprint density at radius 2 is 1.82 bits per heavy atom. The number of furan rings is 1. The van der Waals surface area contributed by atoms with Gasteiger partial charge in [-0.25, -0.2) is 0 Å². The van der Waals surface area contributed by atoms with E-state index in [1.807, 2.05) is 25.1 Å². The van der Waals surface area contributed by atoms with Gasteiger partial charge in [0.1, 0.15) is 11.2 Å². The first kappa shape index (κ1) is 17.1. The fourth-order valence-electron chi connectivity index (χ4n) is 3.91. The number of allylic oxidation sites excluding steroid dienone is 1. The minimum atomic E-state index is 0.845. The standard InChI is InChI=1S/C25H18BrNO/c1-3-7-19-21-14-16(12-13-22(21)27-24(19)15(2)26)17-9-6-10-20-18-8-4-5-11-23(18)28-25(17)20/h3-14,27H,2H2,1H3/b7-3-. The van der Waals surface area contributed by atoms with Crippen LogP contribution in [0.2, 0.25) is 0 Å². The highest BCUT2D eigenvalue weighted by Gasteiger charge is 2.15. The Kier molecular flexibility index (Phi) is 3.99. The van der Waals surface area contributed by atoms with E-state index in [1.54, 1.807) is 0 Å². The van der Waals surface area contributed by atoms with Gasteiger partial charge in [0, 0.05) is 37.3 Å². The first-order chi connectivity index (χ1) is 13.7. The molecule has 136 valence electrons. The monoisotopic (exact) mass is 427 g/mol. The summed E-state index contributed by atoms with van der Waals surface area (Å²) in [7, 11) is 0. The molecule has 3 heteroatoms. The molecule has 2 nitrogen and oxygen atoms in total. The van der Waals surface area contributed by atoms with Gasteiger partial charge in [0.05, 0.1) is 5.69 Å². The van der Waals surface area contributed by atoms with Gasteiger partial charge in [0.15, 0.2) is 0 Å². The van der Waals surface area contributed by atoms with E-state index in [4.69, 9.17) is 4.42 Å². The van der Waals surface area contributed by atoms with Crippen LogP contribution in [-0.2, 0) is 0 Å². The van der Waals surface area contributed by atoms with Crippen molar-refractivity contribution >= 4 is 59.3 Å². The molecule has 0 aliphatic heterocycles. The number of halogens is 1. The number of aromatic amines is 1. The van der Waals surface area contributed by atoms with Crippen molar-refractivity contribution in [1.82, 2.24) is 4.98 Å². The van der Waals surface area contributed by atoms with Gasteiger partial charge in [-0.3, -0.25) is 0 Å². The van der Waals surface area contributed by atoms with E-state index in [0.29, 0.717) is 0 Å². The summed E-state index contributed by atoms with van der Waals surface area (Å²) in [5.74, 6) is 0. The van der Waals surface area contributed by atoms with E-state index >= 15 is 0 Å². The Morgan fingerprint density at radius 1 is 1.00 bits per heavy atom. The molecule has 0 spiro atoms. The molecular weight excluding hydrogens is 410 g/mol. The normalized spacial score (nSPS) is 11.9. The van der Waals surface area contributed by atoms with Gasteiger partial charge in [0.25, 0.3) is 0 Å². The average Bonchev–Trinajstić information content (AvgIpc) is 3.26. The third-order valence-electron chi connectivity index (χ3n) is 5.16. The average molecular weight is 428 g/mol. The Balaban J connectivity index is 1.80. The zero-order valence-electron chi connectivity index (χ0n) is 15.4. The van der Waals surface area contributed by atoms with Crippen LogP contribution in [-0.4, -0.2) is 4.98 Å². The first-order valence-electron chi connectivity index (χ1n) is 9.21. The maximum absolute atomic E-state index is 6.23. The van der Waals surface area contributed by atoms with Gasteiger partial charge in [0.2, 0.25) is 0 Å². The molecule has 0 aliphatic rings.